The smallest absolute Gasteiger partial charge is 0.0146 e. The molecule has 0 amide bonds. The van der Waals surface area contributed by atoms with Crippen LogP contribution in [0.25, 0.3) is 0 Å². The monoisotopic (exact) mass is 791 g/mol. The lowest BCUT2D eigenvalue weighted by Gasteiger charge is -2.18. The van der Waals surface area contributed by atoms with Crippen molar-refractivity contribution in [1.29, 1.82) is 0 Å². The number of rotatable bonds is 15. The van der Waals surface area contributed by atoms with Crippen LogP contribution in [0, 0.1) is 101 Å². The maximum absolute atomic E-state index is 3.09. The minimum atomic E-state index is 0.525. The summed E-state index contributed by atoms with van der Waals surface area (Å²) in [6.07, 6.45) is 17.3. The van der Waals surface area contributed by atoms with Crippen LogP contribution in [0.1, 0.15) is 239 Å². The summed E-state index contributed by atoms with van der Waals surface area (Å²) in [5.74, 6) is 17.9. The molecule has 0 radical (unpaired) electrons. The Kier molecular flexibility index (Phi) is 60.2. The molecule has 0 bridgehead atoms. The normalized spacial score (nSPS) is 11.4. The molecule has 0 aliphatic heterocycles. The van der Waals surface area contributed by atoms with Crippen molar-refractivity contribution < 1.29 is 0 Å². The van der Waals surface area contributed by atoms with E-state index in [1.54, 1.807) is 0 Å². The number of hydrogen-bond donors (Lipinski definition) is 0. The van der Waals surface area contributed by atoms with Gasteiger partial charge in [0.15, 0.2) is 0 Å². The summed E-state index contributed by atoms with van der Waals surface area (Å²) in [7, 11) is 0. The summed E-state index contributed by atoms with van der Waals surface area (Å²) in [4.78, 5) is 0. The lowest BCUT2D eigenvalue weighted by molar-refractivity contribution is 0.316. The van der Waals surface area contributed by atoms with Crippen LogP contribution in [-0.4, -0.2) is 0 Å². The van der Waals surface area contributed by atoms with E-state index in [-0.39, 0.29) is 0 Å². The number of hydrogen-bond acceptors (Lipinski definition) is 0. The third kappa shape index (κ3) is 105. The highest BCUT2D eigenvalue weighted by atomic mass is 14.2. The Balaban J connectivity index is -0.000000100. The highest BCUT2D eigenvalue weighted by Crippen LogP contribution is 2.18. The first-order valence-electron chi connectivity index (χ1n) is 24.2. The van der Waals surface area contributed by atoms with E-state index in [4.69, 9.17) is 0 Å². The first kappa shape index (κ1) is 69.6. The van der Waals surface area contributed by atoms with Gasteiger partial charge in [-0.2, -0.15) is 0 Å². The zero-order valence-corrected chi connectivity index (χ0v) is 45.2. The fourth-order valence-electron chi connectivity index (χ4n) is 4.54. The third-order valence-electron chi connectivity index (χ3n) is 8.35. The van der Waals surface area contributed by atoms with E-state index in [9.17, 15) is 0 Å². The van der Waals surface area contributed by atoms with Crippen molar-refractivity contribution in [1.82, 2.24) is 0 Å². The fraction of sp³-hybridized carbons (Fsp3) is 0.893. The van der Waals surface area contributed by atoms with Gasteiger partial charge in [0.25, 0.3) is 0 Å². The minimum Gasteiger partial charge on any atom is -0.100 e. The quantitative estimate of drug-likeness (QED) is 0.114. The Bertz CT molecular complexity index is 724. The van der Waals surface area contributed by atoms with Crippen LogP contribution in [0.4, 0.5) is 0 Å². The van der Waals surface area contributed by atoms with E-state index < -0.39 is 0 Å². The van der Waals surface area contributed by atoms with Crippen LogP contribution in [0.3, 0.4) is 0 Å². The van der Waals surface area contributed by atoms with E-state index >= 15 is 0 Å². The van der Waals surface area contributed by atoms with Gasteiger partial charge < -0.3 is 0 Å². The van der Waals surface area contributed by atoms with Gasteiger partial charge in [0.1, 0.15) is 0 Å². The summed E-state index contributed by atoms with van der Waals surface area (Å²) in [5, 5.41) is 0. The zero-order valence-electron chi connectivity index (χ0n) is 45.2. The first-order valence-corrected chi connectivity index (χ1v) is 24.2. The fourth-order valence-corrected chi connectivity index (χ4v) is 4.54. The second-order valence-electron chi connectivity index (χ2n) is 21.8. The van der Waals surface area contributed by atoms with E-state index in [1.807, 2.05) is 0 Å². The largest absolute Gasteiger partial charge is 0.100 e. The molecule has 0 atom stereocenters. The summed E-state index contributed by atoms with van der Waals surface area (Å²) in [6.45, 7) is 64.8. The molecule has 0 unspecified atom stereocenters. The molecule has 0 saturated carbocycles. The molecule has 0 N–H and O–H groups in total. The number of allylic oxidation sites excluding steroid dienone is 4. The maximum atomic E-state index is 3.09. The minimum absolute atomic E-state index is 0.525. The highest BCUT2D eigenvalue weighted by molar-refractivity contribution is 5.03. The molecule has 0 aromatic carbocycles. The first-order chi connectivity index (χ1) is 25.3. The standard InChI is InChI=1S/C9H20.C8H18.2C8H16.C8H14.C8H18.C7H16/c1-8(2)6-5-7-9(3)4;4*1-7(2)5-6-8(3)4;1-6(2)8(5)7(3)4;1-6(2)5-7(3)4/h8-9H,5-7H2,1-4H3;7-8H,5-6H2,1-4H3;2*5-8H,1-4H3;7-8H,1-4H3;6-8H,1-5H3;6-7H,5H2,1-4H3/b;;6-5+;6-5-;;;. The Morgan fingerprint density at radius 3 is 0.589 bits per heavy atom. The van der Waals surface area contributed by atoms with E-state index in [1.165, 1.54) is 38.5 Å². The third-order valence-corrected chi connectivity index (χ3v) is 8.35. The molecule has 0 heteroatoms. The Morgan fingerprint density at radius 2 is 0.500 bits per heavy atom. The molecular formula is C56H118. The maximum Gasteiger partial charge on any atom is 0.0146 e. The van der Waals surface area contributed by atoms with Gasteiger partial charge in [0.05, 0.1) is 0 Å². The van der Waals surface area contributed by atoms with E-state index in [0.29, 0.717) is 35.5 Å². The van der Waals surface area contributed by atoms with Crippen molar-refractivity contribution in [2.24, 2.45) is 88.8 Å². The lowest BCUT2D eigenvalue weighted by atomic mass is 9.88. The Labute approximate surface area is 362 Å². The van der Waals surface area contributed by atoms with Gasteiger partial charge in [-0.3, -0.25) is 0 Å². The van der Waals surface area contributed by atoms with Crippen LogP contribution in [0.15, 0.2) is 24.3 Å². The van der Waals surface area contributed by atoms with Gasteiger partial charge in [-0.1, -0.05) is 257 Å². The average Bonchev–Trinajstić information content (AvgIpc) is 3.01. The predicted octanol–water partition coefficient (Wildman–Crippen LogP) is 20.2. The average molecular weight is 792 g/mol. The molecular weight excluding hydrogens is 673 g/mol. The molecule has 0 aromatic heterocycles. The molecule has 0 saturated heterocycles. The predicted molar refractivity (Wildman–Crippen MR) is 271 cm³/mol. The van der Waals surface area contributed by atoms with Gasteiger partial charge in [-0.05, 0) is 83.4 Å². The summed E-state index contributed by atoms with van der Waals surface area (Å²) in [5.41, 5.74) is 0. The Morgan fingerprint density at radius 1 is 0.286 bits per heavy atom. The van der Waals surface area contributed by atoms with Crippen molar-refractivity contribution in [3.63, 3.8) is 0 Å². The van der Waals surface area contributed by atoms with Crippen molar-refractivity contribution in [3.05, 3.63) is 24.3 Å². The second kappa shape index (κ2) is 48.4. The van der Waals surface area contributed by atoms with Gasteiger partial charge in [-0.15, -0.1) is 11.8 Å². The molecule has 0 nitrogen and oxygen atoms in total. The van der Waals surface area contributed by atoms with E-state index in [0.717, 1.165) is 53.3 Å². The molecule has 0 heterocycles. The SMILES string of the molecule is CC(C)/C=C/C(C)C.CC(C)/C=C\C(C)C.CC(C)C#CC(C)C.CC(C)C(C)C(C)C.CC(C)CC(C)C.CC(C)CCC(C)C.CC(C)CCCC(C)C. The molecule has 0 aliphatic rings. The van der Waals surface area contributed by atoms with Crippen LogP contribution in [0.5, 0.6) is 0 Å². The van der Waals surface area contributed by atoms with Gasteiger partial charge in [0.2, 0.25) is 0 Å². The summed E-state index contributed by atoms with van der Waals surface area (Å²) < 4.78 is 0. The molecule has 0 aromatic rings. The zero-order chi connectivity index (χ0) is 46.1. The topological polar surface area (TPSA) is 0 Å². The Hall–Kier alpha value is -0.960. The molecule has 0 aliphatic carbocycles. The molecule has 342 valence electrons. The second-order valence-corrected chi connectivity index (χ2v) is 21.8. The molecule has 0 rings (SSSR count). The van der Waals surface area contributed by atoms with Crippen LogP contribution >= 0.6 is 0 Å². The van der Waals surface area contributed by atoms with E-state index in [2.05, 4.69) is 237 Å². The molecule has 0 spiro atoms. The van der Waals surface area contributed by atoms with Crippen molar-refractivity contribution >= 4 is 0 Å². The van der Waals surface area contributed by atoms with Crippen LogP contribution in [0.2, 0.25) is 0 Å². The van der Waals surface area contributed by atoms with Gasteiger partial charge in [0, 0.05) is 11.8 Å². The van der Waals surface area contributed by atoms with Gasteiger partial charge in [-0.25, -0.2) is 0 Å². The van der Waals surface area contributed by atoms with Crippen molar-refractivity contribution in [2.45, 2.75) is 239 Å². The van der Waals surface area contributed by atoms with Gasteiger partial charge >= 0.3 is 0 Å². The molecule has 56 heavy (non-hydrogen) atoms. The van der Waals surface area contributed by atoms with Crippen LogP contribution in [-0.2, 0) is 0 Å². The lowest BCUT2D eigenvalue weighted by Crippen LogP contribution is -2.10. The van der Waals surface area contributed by atoms with Crippen LogP contribution < -0.4 is 0 Å². The molecule has 0 fully saturated rings. The van der Waals surface area contributed by atoms with Crippen molar-refractivity contribution in [3.8, 4) is 11.8 Å². The van der Waals surface area contributed by atoms with Crippen molar-refractivity contribution in [2.75, 3.05) is 0 Å². The summed E-state index contributed by atoms with van der Waals surface area (Å²) in [6, 6.07) is 0. The summed E-state index contributed by atoms with van der Waals surface area (Å²) >= 11 is 0. The highest BCUT2D eigenvalue weighted by Gasteiger charge is 2.09.